The molecule has 0 radical (unpaired) electrons. The number of sulfone groups is 1. The van der Waals surface area contributed by atoms with Crippen LogP contribution in [-0.4, -0.2) is 69.5 Å². The molecule has 246 valence electrons. The third-order valence-corrected chi connectivity index (χ3v) is 10.0. The molecule has 5 N–H and O–H groups in total. The molecule has 1 heterocycles. The maximum atomic E-state index is 14.6. The Morgan fingerprint density at radius 2 is 1.65 bits per heavy atom. The number of rotatable bonds is 12. The Bertz CT molecular complexity index is 1740. The number of carboxylic acid groups (broad SMARTS) is 1. The largest absolute Gasteiger partial charge is 0.497 e. The van der Waals surface area contributed by atoms with Crippen LogP contribution in [0.2, 0.25) is 0 Å². The lowest BCUT2D eigenvalue weighted by molar-refractivity contribution is -0.133. The van der Waals surface area contributed by atoms with Gasteiger partial charge in [-0.25, -0.2) is 13.2 Å². The summed E-state index contributed by atoms with van der Waals surface area (Å²) >= 11 is 0. The zero-order valence-electron chi connectivity index (χ0n) is 26.2. The molecule has 0 spiro atoms. The van der Waals surface area contributed by atoms with Crippen molar-refractivity contribution in [2.45, 2.75) is 48.9 Å². The van der Waals surface area contributed by atoms with Gasteiger partial charge in [0.1, 0.15) is 11.8 Å². The minimum atomic E-state index is -3.81. The van der Waals surface area contributed by atoms with Crippen LogP contribution >= 0.6 is 0 Å². The van der Waals surface area contributed by atoms with Crippen molar-refractivity contribution in [1.29, 1.82) is 0 Å². The molecule has 3 aromatic rings. The van der Waals surface area contributed by atoms with Crippen LogP contribution in [0.25, 0.3) is 0 Å². The van der Waals surface area contributed by atoms with Gasteiger partial charge < -0.3 is 35.3 Å². The van der Waals surface area contributed by atoms with Crippen LogP contribution in [0.4, 0.5) is 16.2 Å². The molecule has 1 aliphatic heterocycles. The lowest BCUT2D eigenvalue weighted by atomic mass is 10.00. The molecule has 1 saturated heterocycles. The van der Waals surface area contributed by atoms with Crippen molar-refractivity contribution in [3.63, 3.8) is 0 Å². The third-order valence-electron chi connectivity index (χ3n) is 7.81. The van der Waals surface area contributed by atoms with Gasteiger partial charge in [0.15, 0.2) is 21.3 Å². The molecule has 0 aromatic heterocycles. The number of carbonyl (C=O) groups is 3. The standard InChI is InChI=1S/C32H38N4O9S/c1-18(2)46(41,42)28-11-9-21(35-32(39)40)17-24(28)25-7-6-12-36(25)31(38)29(19-8-10-26(44-4)27(15-19)45-5)34-22-13-20(30(33)37)14-23(16-22)43-3/h8-11,13-18,25,29,34-35H,6-7,12H2,1-5H3,(H2,33,37)(H,39,40)/t25-,29+/m1/s1. The van der Waals surface area contributed by atoms with E-state index in [1.807, 2.05) is 0 Å². The lowest BCUT2D eigenvalue weighted by Gasteiger charge is -2.32. The molecule has 0 saturated carbocycles. The molecule has 0 aliphatic carbocycles. The number of ether oxygens (including phenoxy) is 3. The summed E-state index contributed by atoms with van der Waals surface area (Å²) in [5.74, 6) is 0.0635. The normalized spacial score (nSPS) is 15.3. The monoisotopic (exact) mass is 654 g/mol. The number of methoxy groups -OCH3 is 3. The topological polar surface area (TPSA) is 187 Å². The molecule has 2 atom stereocenters. The Morgan fingerprint density at radius 1 is 0.935 bits per heavy atom. The van der Waals surface area contributed by atoms with Crippen LogP contribution in [0.1, 0.15) is 60.3 Å². The maximum absolute atomic E-state index is 14.6. The van der Waals surface area contributed by atoms with E-state index in [1.54, 1.807) is 43.0 Å². The number of amides is 3. The van der Waals surface area contributed by atoms with Gasteiger partial charge in [-0.2, -0.15) is 0 Å². The van der Waals surface area contributed by atoms with Crippen molar-refractivity contribution in [3.8, 4) is 17.2 Å². The van der Waals surface area contributed by atoms with Crippen molar-refractivity contribution in [2.24, 2.45) is 5.73 Å². The van der Waals surface area contributed by atoms with E-state index >= 15 is 0 Å². The summed E-state index contributed by atoms with van der Waals surface area (Å²) in [6.07, 6.45) is -0.305. The minimum Gasteiger partial charge on any atom is -0.497 e. The number of anilines is 2. The number of primary amides is 1. The smallest absolute Gasteiger partial charge is 0.409 e. The van der Waals surface area contributed by atoms with Gasteiger partial charge in [-0.15, -0.1) is 0 Å². The van der Waals surface area contributed by atoms with Gasteiger partial charge in [0, 0.05) is 29.5 Å². The fourth-order valence-electron chi connectivity index (χ4n) is 5.47. The number of carbonyl (C=O) groups excluding carboxylic acids is 2. The van der Waals surface area contributed by atoms with Gasteiger partial charge in [-0.05, 0) is 80.3 Å². The number of likely N-dealkylation sites (tertiary alicyclic amines) is 1. The highest BCUT2D eigenvalue weighted by Gasteiger charge is 2.38. The molecular formula is C32H38N4O9S. The summed E-state index contributed by atoms with van der Waals surface area (Å²) in [6.45, 7) is 3.43. The second-order valence-electron chi connectivity index (χ2n) is 11.0. The predicted octanol–water partition coefficient (Wildman–Crippen LogP) is 4.60. The highest BCUT2D eigenvalue weighted by molar-refractivity contribution is 7.92. The number of hydrogen-bond donors (Lipinski definition) is 4. The van der Waals surface area contributed by atoms with Gasteiger partial charge in [-0.3, -0.25) is 14.9 Å². The van der Waals surface area contributed by atoms with E-state index in [0.717, 1.165) is 0 Å². The quantitative estimate of drug-likeness (QED) is 0.215. The van der Waals surface area contributed by atoms with Gasteiger partial charge in [0.05, 0.1) is 37.5 Å². The highest BCUT2D eigenvalue weighted by Crippen LogP contribution is 2.41. The van der Waals surface area contributed by atoms with Crippen LogP contribution in [0, 0.1) is 0 Å². The molecule has 46 heavy (non-hydrogen) atoms. The number of nitrogens with zero attached hydrogens (tertiary/aromatic N) is 1. The van der Waals surface area contributed by atoms with E-state index in [9.17, 15) is 27.9 Å². The first-order valence-corrected chi connectivity index (χ1v) is 16.0. The van der Waals surface area contributed by atoms with E-state index in [1.165, 1.54) is 51.7 Å². The predicted molar refractivity (Wildman–Crippen MR) is 172 cm³/mol. The van der Waals surface area contributed by atoms with E-state index in [2.05, 4.69) is 10.6 Å². The zero-order chi connectivity index (χ0) is 33.8. The maximum Gasteiger partial charge on any atom is 0.409 e. The first-order chi connectivity index (χ1) is 21.8. The first kappa shape index (κ1) is 33.9. The summed E-state index contributed by atoms with van der Waals surface area (Å²) in [6, 6.07) is 12.1. The molecular weight excluding hydrogens is 616 g/mol. The molecule has 1 fully saturated rings. The zero-order valence-corrected chi connectivity index (χ0v) is 27.0. The SMILES string of the molecule is COc1cc(N[C@H](C(=O)N2CCC[C@@H]2c2cc(NC(=O)O)ccc2S(=O)(=O)C(C)C)c2ccc(OC)c(OC)c2)cc(C(N)=O)c1. The van der Waals surface area contributed by atoms with Crippen molar-refractivity contribution in [1.82, 2.24) is 4.90 Å². The second kappa shape index (κ2) is 14.0. The van der Waals surface area contributed by atoms with Crippen LogP contribution in [0.3, 0.4) is 0 Å². The summed E-state index contributed by atoms with van der Waals surface area (Å²) in [5, 5.41) is 14.1. The summed E-state index contributed by atoms with van der Waals surface area (Å²) < 4.78 is 43.2. The molecule has 3 amide bonds. The summed E-state index contributed by atoms with van der Waals surface area (Å²) in [5.41, 5.74) is 7.06. The Balaban J connectivity index is 1.85. The van der Waals surface area contributed by atoms with Gasteiger partial charge in [0.25, 0.3) is 0 Å². The van der Waals surface area contributed by atoms with E-state index in [4.69, 9.17) is 19.9 Å². The molecule has 14 heteroatoms. The molecule has 0 unspecified atom stereocenters. The Morgan fingerprint density at radius 3 is 2.26 bits per heavy atom. The lowest BCUT2D eigenvalue weighted by Crippen LogP contribution is -2.38. The van der Waals surface area contributed by atoms with Gasteiger partial charge in [-0.1, -0.05) is 6.07 Å². The number of hydrogen-bond acceptors (Lipinski definition) is 9. The fourth-order valence-corrected chi connectivity index (χ4v) is 6.76. The third kappa shape index (κ3) is 7.12. The fraction of sp³-hybridized carbons (Fsp3) is 0.344. The van der Waals surface area contributed by atoms with Crippen LogP contribution < -0.4 is 30.6 Å². The molecule has 4 rings (SSSR count). The second-order valence-corrected chi connectivity index (χ2v) is 13.4. The number of nitrogens with two attached hydrogens (primary N) is 1. The van der Waals surface area contributed by atoms with E-state index in [0.29, 0.717) is 53.4 Å². The first-order valence-electron chi connectivity index (χ1n) is 14.5. The number of benzene rings is 3. The van der Waals surface area contributed by atoms with Crippen molar-refractivity contribution < 1.29 is 42.1 Å². The van der Waals surface area contributed by atoms with E-state index in [-0.39, 0.29) is 16.1 Å². The van der Waals surface area contributed by atoms with Crippen LogP contribution in [0.5, 0.6) is 17.2 Å². The number of nitrogens with one attached hydrogen (secondary N) is 2. The summed E-state index contributed by atoms with van der Waals surface area (Å²) in [4.78, 5) is 39.7. The van der Waals surface area contributed by atoms with Gasteiger partial charge >= 0.3 is 6.09 Å². The minimum absolute atomic E-state index is 0.0256. The molecule has 1 aliphatic rings. The average molecular weight is 655 g/mol. The van der Waals surface area contributed by atoms with E-state index < -0.39 is 45.1 Å². The van der Waals surface area contributed by atoms with Gasteiger partial charge in [0.2, 0.25) is 11.8 Å². The average Bonchev–Trinajstić information content (AvgIpc) is 3.52. The highest BCUT2D eigenvalue weighted by atomic mass is 32.2. The molecule has 0 bridgehead atoms. The van der Waals surface area contributed by atoms with Crippen molar-refractivity contribution >= 4 is 39.1 Å². The summed E-state index contributed by atoms with van der Waals surface area (Å²) in [7, 11) is 0.584. The molecule has 13 nitrogen and oxygen atoms in total. The Hall–Kier alpha value is -4.98. The van der Waals surface area contributed by atoms with Crippen molar-refractivity contribution in [3.05, 3.63) is 71.3 Å². The molecule has 3 aromatic carbocycles. The van der Waals surface area contributed by atoms with Crippen LogP contribution in [-0.2, 0) is 14.6 Å². The Labute approximate surface area is 267 Å². The van der Waals surface area contributed by atoms with Crippen LogP contribution in [0.15, 0.2) is 59.5 Å². The van der Waals surface area contributed by atoms with Crippen molar-refractivity contribution in [2.75, 3.05) is 38.5 Å². The Kier molecular flexibility index (Phi) is 10.3.